The maximum atomic E-state index is 11.4. The first-order chi connectivity index (χ1) is 13.6. The van der Waals surface area contributed by atoms with Gasteiger partial charge in [0.25, 0.3) is 5.69 Å². The van der Waals surface area contributed by atoms with Crippen molar-refractivity contribution in [3.05, 3.63) is 52.3 Å². The Morgan fingerprint density at radius 3 is 2.57 bits per heavy atom. The van der Waals surface area contributed by atoms with Gasteiger partial charge in [-0.1, -0.05) is 12.1 Å². The molecule has 0 atom stereocenters. The van der Waals surface area contributed by atoms with Gasteiger partial charge in [0.15, 0.2) is 5.52 Å². The summed E-state index contributed by atoms with van der Waals surface area (Å²) in [4.78, 5) is 28.5. The molecular weight excluding hydrogens is 360 g/mol. The summed E-state index contributed by atoms with van der Waals surface area (Å²) in [5.74, 6) is 1.18. The van der Waals surface area contributed by atoms with E-state index in [1.165, 1.54) is 6.07 Å². The van der Waals surface area contributed by atoms with Gasteiger partial charge in [-0.05, 0) is 13.0 Å². The molecule has 1 fully saturated rings. The largest absolute Gasteiger partial charge is 0.481 e. The molecule has 144 valence electrons. The summed E-state index contributed by atoms with van der Waals surface area (Å²) in [5, 5.41) is 12.2. The Morgan fingerprint density at radius 1 is 1.11 bits per heavy atom. The van der Waals surface area contributed by atoms with E-state index in [0.29, 0.717) is 17.3 Å². The van der Waals surface area contributed by atoms with Gasteiger partial charge in [-0.2, -0.15) is 4.98 Å². The van der Waals surface area contributed by atoms with E-state index in [1.54, 1.807) is 25.4 Å². The highest BCUT2D eigenvalue weighted by molar-refractivity contribution is 5.97. The van der Waals surface area contributed by atoms with E-state index in [1.807, 2.05) is 19.1 Å². The molecule has 1 aromatic carbocycles. The molecule has 0 bridgehead atoms. The number of methoxy groups -OCH3 is 1. The van der Waals surface area contributed by atoms with Crippen molar-refractivity contribution in [1.82, 2.24) is 15.0 Å². The van der Waals surface area contributed by atoms with Gasteiger partial charge in [-0.3, -0.25) is 10.1 Å². The molecule has 1 aliphatic heterocycles. The summed E-state index contributed by atoms with van der Waals surface area (Å²) in [6.07, 6.45) is 1.69. The highest BCUT2D eigenvalue weighted by atomic mass is 16.6. The number of piperazine rings is 1. The normalized spacial score (nSPS) is 14.4. The molecule has 3 heterocycles. The Labute approximate surface area is 161 Å². The number of aryl methyl sites for hydroxylation is 1. The fraction of sp³-hybridized carbons (Fsp3) is 0.316. The van der Waals surface area contributed by atoms with Crippen LogP contribution in [0.25, 0.3) is 10.9 Å². The van der Waals surface area contributed by atoms with E-state index in [9.17, 15) is 10.1 Å². The second-order valence-corrected chi connectivity index (χ2v) is 6.59. The Hall–Kier alpha value is -3.49. The van der Waals surface area contributed by atoms with Crippen LogP contribution in [0.4, 0.5) is 17.3 Å². The number of aromatic nitrogens is 3. The van der Waals surface area contributed by atoms with Gasteiger partial charge in [-0.15, -0.1) is 0 Å². The number of non-ortho nitro benzene ring substituents is 1. The number of pyridine rings is 1. The number of para-hydroxylation sites is 1. The second kappa shape index (κ2) is 7.26. The molecule has 28 heavy (non-hydrogen) atoms. The van der Waals surface area contributed by atoms with Crippen molar-refractivity contribution >= 4 is 28.2 Å². The lowest BCUT2D eigenvalue weighted by atomic mass is 10.1. The van der Waals surface area contributed by atoms with Crippen LogP contribution in [0.1, 0.15) is 5.69 Å². The first-order valence-electron chi connectivity index (χ1n) is 8.98. The molecule has 9 heteroatoms. The zero-order chi connectivity index (χ0) is 19.7. The summed E-state index contributed by atoms with van der Waals surface area (Å²) in [5.41, 5.74) is 2.19. The standard InChI is InChI=1S/C19H20N6O3/c1-13-12-16(14-4-3-5-15(25(26)27)18(14)21-13)23-8-10-24(11-9-23)19-20-7-6-17(22-19)28-2/h3-7,12H,8-11H2,1-2H3. The van der Waals surface area contributed by atoms with Crippen molar-refractivity contribution in [3.8, 4) is 5.88 Å². The molecule has 0 saturated carbocycles. The van der Waals surface area contributed by atoms with E-state index < -0.39 is 0 Å². The minimum atomic E-state index is -0.378. The molecule has 3 aromatic rings. The van der Waals surface area contributed by atoms with Crippen LogP contribution in [0.2, 0.25) is 0 Å². The molecule has 4 rings (SSSR count). The number of ether oxygens (including phenoxy) is 1. The molecule has 0 radical (unpaired) electrons. The number of benzene rings is 1. The number of hydrogen-bond acceptors (Lipinski definition) is 8. The van der Waals surface area contributed by atoms with Crippen LogP contribution in [0.5, 0.6) is 5.88 Å². The monoisotopic (exact) mass is 380 g/mol. The Balaban J connectivity index is 1.62. The lowest BCUT2D eigenvalue weighted by Gasteiger charge is -2.36. The van der Waals surface area contributed by atoms with Gasteiger partial charge in [0, 0.05) is 61.3 Å². The number of anilines is 2. The fourth-order valence-corrected chi connectivity index (χ4v) is 3.49. The molecule has 0 amide bonds. The number of nitro groups is 1. The zero-order valence-corrected chi connectivity index (χ0v) is 15.7. The SMILES string of the molecule is COc1ccnc(N2CCN(c3cc(C)nc4c([N+](=O)[O-])cccc34)CC2)n1. The van der Waals surface area contributed by atoms with Gasteiger partial charge in [0.05, 0.1) is 12.0 Å². The van der Waals surface area contributed by atoms with E-state index in [4.69, 9.17) is 4.74 Å². The third-order valence-corrected chi connectivity index (χ3v) is 4.85. The second-order valence-electron chi connectivity index (χ2n) is 6.59. The third-order valence-electron chi connectivity index (χ3n) is 4.85. The predicted molar refractivity (Wildman–Crippen MR) is 106 cm³/mol. The van der Waals surface area contributed by atoms with Crippen molar-refractivity contribution in [2.75, 3.05) is 43.1 Å². The molecular formula is C19H20N6O3. The maximum absolute atomic E-state index is 11.4. The van der Waals surface area contributed by atoms with Gasteiger partial charge < -0.3 is 14.5 Å². The Bertz CT molecular complexity index is 1030. The summed E-state index contributed by atoms with van der Waals surface area (Å²) in [6.45, 7) is 4.85. The molecule has 0 spiro atoms. The molecule has 9 nitrogen and oxygen atoms in total. The van der Waals surface area contributed by atoms with E-state index in [-0.39, 0.29) is 10.6 Å². The van der Waals surface area contributed by atoms with E-state index in [2.05, 4.69) is 24.8 Å². The lowest BCUT2D eigenvalue weighted by Crippen LogP contribution is -2.47. The molecule has 2 aromatic heterocycles. The average Bonchev–Trinajstić information content (AvgIpc) is 2.72. The molecule has 0 unspecified atom stereocenters. The summed E-state index contributed by atoms with van der Waals surface area (Å²) < 4.78 is 5.18. The van der Waals surface area contributed by atoms with Crippen molar-refractivity contribution in [3.63, 3.8) is 0 Å². The van der Waals surface area contributed by atoms with Crippen molar-refractivity contribution in [2.24, 2.45) is 0 Å². The Morgan fingerprint density at radius 2 is 1.86 bits per heavy atom. The zero-order valence-electron chi connectivity index (χ0n) is 15.7. The summed E-state index contributed by atoms with van der Waals surface area (Å²) >= 11 is 0. The van der Waals surface area contributed by atoms with Crippen LogP contribution in [-0.4, -0.2) is 53.2 Å². The van der Waals surface area contributed by atoms with Gasteiger partial charge in [0.1, 0.15) is 0 Å². The maximum Gasteiger partial charge on any atom is 0.295 e. The highest BCUT2D eigenvalue weighted by Crippen LogP contribution is 2.32. The van der Waals surface area contributed by atoms with Crippen LogP contribution in [0.15, 0.2) is 36.5 Å². The summed E-state index contributed by atoms with van der Waals surface area (Å²) in [6, 6.07) is 8.81. The lowest BCUT2D eigenvalue weighted by molar-refractivity contribution is -0.383. The van der Waals surface area contributed by atoms with Crippen LogP contribution < -0.4 is 14.5 Å². The molecule has 0 N–H and O–H groups in total. The number of fused-ring (bicyclic) bond motifs is 1. The van der Waals surface area contributed by atoms with Crippen molar-refractivity contribution in [1.29, 1.82) is 0 Å². The van der Waals surface area contributed by atoms with Crippen LogP contribution in [0, 0.1) is 17.0 Å². The quantitative estimate of drug-likeness (QED) is 0.503. The number of rotatable bonds is 4. The first kappa shape index (κ1) is 17.9. The minimum Gasteiger partial charge on any atom is -0.481 e. The van der Waals surface area contributed by atoms with Crippen molar-refractivity contribution < 1.29 is 9.66 Å². The molecule has 1 saturated heterocycles. The Kier molecular flexibility index (Phi) is 4.64. The fourth-order valence-electron chi connectivity index (χ4n) is 3.49. The van der Waals surface area contributed by atoms with E-state index in [0.717, 1.165) is 42.9 Å². The molecule has 1 aliphatic rings. The first-order valence-corrected chi connectivity index (χ1v) is 8.98. The third kappa shape index (κ3) is 3.26. The summed E-state index contributed by atoms with van der Waals surface area (Å²) in [7, 11) is 1.58. The number of hydrogen-bond donors (Lipinski definition) is 0. The highest BCUT2D eigenvalue weighted by Gasteiger charge is 2.23. The van der Waals surface area contributed by atoms with E-state index >= 15 is 0 Å². The van der Waals surface area contributed by atoms with Gasteiger partial charge in [0.2, 0.25) is 11.8 Å². The smallest absolute Gasteiger partial charge is 0.295 e. The number of nitrogens with zero attached hydrogens (tertiary/aromatic N) is 6. The van der Waals surface area contributed by atoms with Crippen LogP contribution in [-0.2, 0) is 0 Å². The predicted octanol–water partition coefficient (Wildman–Crippen LogP) is 2.58. The van der Waals surface area contributed by atoms with Crippen LogP contribution >= 0.6 is 0 Å². The minimum absolute atomic E-state index is 0.0332. The molecule has 0 aliphatic carbocycles. The van der Waals surface area contributed by atoms with Crippen molar-refractivity contribution in [2.45, 2.75) is 6.92 Å². The number of nitro benzene ring substituents is 1. The van der Waals surface area contributed by atoms with Crippen LogP contribution in [0.3, 0.4) is 0 Å². The van der Waals surface area contributed by atoms with Gasteiger partial charge >= 0.3 is 0 Å². The topological polar surface area (TPSA) is 97.5 Å². The van der Waals surface area contributed by atoms with Gasteiger partial charge in [-0.25, -0.2) is 9.97 Å². The average molecular weight is 380 g/mol.